The van der Waals surface area contributed by atoms with Gasteiger partial charge in [-0.15, -0.1) is 11.3 Å². The molecule has 0 bridgehead atoms. The molecule has 0 spiro atoms. The Kier molecular flexibility index (Phi) is 2.36. The molecule has 0 unspecified atom stereocenters. The Balaban J connectivity index is 2.19. The lowest BCUT2D eigenvalue weighted by Gasteiger charge is -2.10. The van der Waals surface area contributed by atoms with Gasteiger partial charge >= 0.3 is 0 Å². The molecule has 0 saturated heterocycles. The molecule has 0 radical (unpaired) electrons. The number of nitrogens with one attached hydrogen (secondary N) is 1. The van der Waals surface area contributed by atoms with Crippen LogP contribution in [0.15, 0.2) is 6.07 Å². The molecule has 1 fully saturated rings. The molecule has 1 aliphatic carbocycles. The summed E-state index contributed by atoms with van der Waals surface area (Å²) in [5.74, 6) is 2.02. The van der Waals surface area contributed by atoms with Gasteiger partial charge in [0.15, 0.2) is 0 Å². The SMILES string of the molecule is CCNc1nc(C2(C)CC2)nc2sc(C)cc12. The second-order valence-corrected chi connectivity index (χ2v) is 6.30. The van der Waals surface area contributed by atoms with Gasteiger partial charge in [-0.1, -0.05) is 6.92 Å². The highest BCUT2D eigenvalue weighted by molar-refractivity contribution is 7.18. The third-order valence-corrected chi connectivity index (χ3v) is 4.34. The summed E-state index contributed by atoms with van der Waals surface area (Å²) in [6.07, 6.45) is 2.43. The smallest absolute Gasteiger partial charge is 0.138 e. The van der Waals surface area contributed by atoms with Crippen LogP contribution < -0.4 is 5.32 Å². The van der Waals surface area contributed by atoms with Crippen LogP contribution in [0.1, 0.15) is 37.4 Å². The Morgan fingerprint density at radius 1 is 1.41 bits per heavy atom. The number of aromatic nitrogens is 2. The van der Waals surface area contributed by atoms with Crippen molar-refractivity contribution >= 4 is 27.4 Å². The van der Waals surface area contributed by atoms with Crippen LogP contribution in [0.2, 0.25) is 0 Å². The quantitative estimate of drug-likeness (QED) is 0.902. The van der Waals surface area contributed by atoms with E-state index in [1.807, 2.05) is 0 Å². The van der Waals surface area contributed by atoms with Crippen LogP contribution >= 0.6 is 11.3 Å². The van der Waals surface area contributed by atoms with Crippen molar-refractivity contribution in [3.05, 3.63) is 16.8 Å². The molecule has 2 aromatic rings. The van der Waals surface area contributed by atoms with Gasteiger partial charge in [-0.3, -0.25) is 0 Å². The summed E-state index contributed by atoms with van der Waals surface area (Å²) in [6.45, 7) is 7.38. The number of hydrogen-bond donors (Lipinski definition) is 1. The van der Waals surface area contributed by atoms with Crippen LogP contribution in [0.5, 0.6) is 0 Å². The first-order valence-corrected chi connectivity index (χ1v) is 6.96. The van der Waals surface area contributed by atoms with E-state index in [4.69, 9.17) is 9.97 Å². The predicted octanol–water partition coefficient (Wildman–Crippen LogP) is 3.48. The van der Waals surface area contributed by atoms with E-state index in [2.05, 4.69) is 32.2 Å². The Labute approximate surface area is 105 Å². The van der Waals surface area contributed by atoms with Crippen LogP contribution in [-0.2, 0) is 5.41 Å². The second kappa shape index (κ2) is 3.67. The van der Waals surface area contributed by atoms with E-state index < -0.39 is 0 Å². The van der Waals surface area contributed by atoms with Crippen molar-refractivity contribution in [1.29, 1.82) is 0 Å². The summed E-state index contributed by atoms with van der Waals surface area (Å²) in [6, 6.07) is 2.18. The molecule has 1 aliphatic rings. The van der Waals surface area contributed by atoms with Gasteiger partial charge in [-0.25, -0.2) is 9.97 Å². The molecule has 90 valence electrons. The van der Waals surface area contributed by atoms with Crippen molar-refractivity contribution in [3.8, 4) is 0 Å². The number of thiophene rings is 1. The normalized spacial score (nSPS) is 17.4. The van der Waals surface area contributed by atoms with E-state index in [9.17, 15) is 0 Å². The number of anilines is 1. The maximum atomic E-state index is 4.74. The minimum absolute atomic E-state index is 0.232. The third kappa shape index (κ3) is 1.80. The van der Waals surface area contributed by atoms with Gasteiger partial charge in [0.1, 0.15) is 16.5 Å². The van der Waals surface area contributed by atoms with Gasteiger partial charge < -0.3 is 5.32 Å². The fourth-order valence-corrected chi connectivity index (χ4v) is 2.90. The predicted molar refractivity (Wildman–Crippen MR) is 72.9 cm³/mol. The van der Waals surface area contributed by atoms with Crippen molar-refractivity contribution in [3.63, 3.8) is 0 Å². The molecule has 17 heavy (non-hydrogen) atoms. The fraction of sp³-hybridized carbons (Fsp3) is 0.538. The minimum Gasteiger partial charge on any atom is -0.370 e. The van der Waals surface area contributed by atoms with Crippen molar-refractivity contribution in [2.75, 3.05) is 11.9 Å². The Morgan fingerprint density at radius 3 is 2.82 bits per heavy atom. The fourth-order valence-electron chi connectivity index (χ4n) is 2.03. The van der Waals surface area contributed by atoms with Crippen molar-refractivity contribution in [1.82, 2.24) is 9.97 Å². The molecule has 0 amide bonds. The van der Waals surface area contributed by atoms with Crippen LogP contribution in [0.3, 0.4) is 0 Å². The molecule has 4 heteroatoms. The lowest BCUT2D eigenvalue weighted by atomic mass is 10.1. The standard InChI is InChI=1S/C13H17N3S/c1-4-14-10-9-7-8(2)17-11(9)16-12(15-10)13(3)5-6-13/h7H,4-6H2,1-3H3,(H,14,15,16). The van der Waals surface area contributed by atoms with Gasteiger partial charge in [0.25, 0.3) is 0 Å². The average Bonchev–Trinajstić information content (AvgIpc) is 2.90. The molecule has 3 nitrogen and oxygen atoms in total. The number of nitrogens with zero attached hydrogens (tertiary/aromatic N) is 2. The molecule has 1 N–H and O–H groups in total. The first kappa shape index (κ1) is 11.0. The Hall–Kier alpha value is -1.16. The van der Waals surface area contributed by atoms with Crippen LogP contribution in [-0.4, -0.2) is 16.5 Å². The first-order chi connectivity index (χ1) is 8.12. The zero-order valence-corrected chi connectivity index (χ0v) is 11.3. The number of rotatable bonds is 3. The van der Waals surface area contributed by atoms with E-state index in [0.29, 0.717) is 0 Å². The molecule has 2 aromatic heterocycles. The zero-order valence-electron chi connectivity index (χ0n) is 10.5. The maximum Gasteiger partial charge on any atom is 0.138 e. The molecule has 3 rings (SSSR count). The van der Waals surface area contributed by atoms with Gasteiger partial charge in [0.2, 0.25) is 0 Å². The topological polar surface area (TPSA) is 37.8 Å². The van der Waals surface area contributed by atoms with E-state index in [-0.39, 0.29) is 5.41 Å². The van der Waals surface area contributed by atoms with E-state index >= 15 is 0 Å². The lowest BCUT2D eigenvalue weighted by Crippen LogP contribution is -2.10. The van der Waals surface area contributed by atoms with Crippen LogP contribution in [0.4, 0.5) is 5.82 Å². The van der Waals surface area contributed by atoms with Crippen molar-refractivity contribution in [2.45, 2.75) is 39.0 Å². The third-order valence-electron chi connectivity index (χ3n) is 3.40. The minimum atomic E-state index is 0.232. The van der Waals surface area contributed by atoms with Gasteiger partial charge in [0.05, 0.1) is 5.39 Å². The first-order valence-electron chi connectivity index (χ1n) is 6.15. The van der Waals surface area contributed by atoms with E-state index in [0.717, 1.165) is 23.0 Å². The molecule has 0 atom stereocenters. The van der Waals surface area contributed by atoms with Gasteiger partial charge in [-0.05, 0) is 32.8 Å². The largest absolute Gasteiger partial charge is 0.370 e. The lowest BCUT2D eigenvalue weighted by molar-refractivity contribution is 0.717. The average molecular weight is 247 g/mol. The molecule has 0 aromatic carbocycles. The number of hydrogen-bond acceptors (Lipinski definition) is 4. The molecular formula is C13H17N3S. The van der Waals surface area contributed by atoms with Gasteiger partial charge in [0, 0.05) is 16.8 Å². The summed E-state index contributed by atoms with van der Waals surface area (Å²) in [4.78, 5) is 11.9. The molecular weight excluding hydrogens is 230 g/mol. The molecule has 0 aliphatic heterocycles. The van der Waals surface area contributed by atoms with E-state index in [1.54, 1.807) is 11.3 Å². The number of aryl methyl sites for hydroxylation is 1. The Bertz CT molecular complexity index is 569. The summed E-state index contributed by atoms with van der Waals surface area (Å²) in [5, 5.41) is 4.53. The summed E-state index contributed by atoms with van der Waals surface area (Å²) >= 11 is 1.76. The Morgan fingerprint density at radius 2 is 2.18 bits per heavy atom. The molecule has 1 saturated carbocycles. The van der Waals surface area contributed by atoms with Crippen LogP contribution in [0.25, 0.3) is 10.2 Å². The second-order valence-electron chi connectivity index (χ2n) is 5.06. The van der Waals surface area contributed by atoms with Crippen molar-refractivity contribution < 1.29 is 0 Å². The monoisotopic (exact) mass is 247 g/mol. The summed E-state index contributed by atoms with van der Waals surface area (Å²) in [5.41, 5.74) is 0.232. The highest BCUT2D eigenvalue weighted by atomic mass is 32.1. The highest BCUT2D eigenvalue weighted by Crippen LogP contribution is 2.47. The summed E-state index contributed by atoms with van der Waals surface area (Å²) in [7, 11) is 0. The zero-order chi connectivity index (χ0) is 12.0. The highest BCUT2D eigenvalue weighted by Gasteiger charge is 2.42. The van der Waals surface area contributed by atoms with E-state index in [1.165, 1.54) is 23.1 Å². The van der Waals surface area contributed by atoms with Crippen molar-refractivity contribution in [2.24, 2.45) is 0 Å². The van der Waals surface area contributed by atoms with Gasteiger partial charge in [-0.2, -0.15) is 0 Å². The number of fused-ring (bicyclic) bond motifs is 1. The van der Waals surface area contributed by atoms with Crippen LogP contribution in [0, 0.1) is 6.92 Å². The summed E-state index contributed by atoms with van der Waals surface area (Å²) < 4.78 is 0. The maximum absolute atomic E-state index is 4.74. The molecule has 2 heterocycles.